The van der Waals surface area contributed by atoms with Crippen LogP contribution in [0.1, 0.15) is 18.9 Å². The van der Waals surface area contributed by atoms with Gasteiger partial charge in [-0.3, -0.25) is 4.79 Å². The summed E-state index contributed by atoms with van der Waals surface area (Å²) in [5.74, 6) is 0. The third kappa shape index (κ3) is 1.64. The van der Waals surface area contributed by atoms with Crippen LogP contribution in [0.25, 0.3) is 0 Å². The SMILES string of the molecule is CCC(C#N)(C(=O)Cl)c1ccccc1. The zero-order valence-corrected chi connectivity index (χ0v) is 8.58. The number of nitriles is 1. The molecule has 0 saturated carbocycles. The Kier molecular flexibility index (Phi) is 3.27. The van der Waals surface area contributed by atoms with Gasteiger partial charge < -0.3 is 0 Å². The van der Waals surface area contributed by atoms with E-state index in [1.165, 1.54) is 0 Å². The van der Waals surface area contributed by atoms with E-state index in [0.29, 0.717) is 12.0 Å². The zero-order chi connectivity index (χ0) is 10.6. The quantitative estimate of drug-likeness (QED) is 0.715. The van der Waals surface area contributed by atoms with Crippen LogP contribution in [0, 0.1) is 11.3 Å². The Hall–Kier alpha value is -1.33. The topological polar surface area (TPSA) is 40.9 Å². The molecule has 14 heavy (non-hydrogen) atoms. The van der Waals surface area contributed by atoms with E-state index in [0.717, 1.165) is 0 Å². The van der Waals surface area contributed by atoms with Crippen molar-refractivity contribution in [3.05, 3.63) is 35.9 Å². The Morgan fingerprint density at radius 1 is 1.50 bits per heavy atom. The average molecular weight is 208 g/mol. The fourth-order valence-electron chi connectivity index (χ4n) is 1.37. The minimum absolute atomic E-state index is 0.385. The van der Waals surface area contributed by atoms with Crippen LogP contribution in [0.4, 0.5) is 0 Å². The first-order valence-corrected chi connectivity index (χ1v) is 4.72. The second-order valence-corrected chi connectivity index (χ2v) is 3.35. The lowest BCUT2D eigenvalue weighted by Crippen LogP contribution is -2.30. The molecule has 1 rings (SSSR count). The Bertz CT molecular complexity index is 369. The van der Waals surface area contributed by atoms with E-state index >= 15 is 0 Å². The van der Waals surface area contributed by atoms with Crippen LogP contribution in [0.5, 0.6) is 0 Å². The van der Waals surface area contributed by atoms with Gasteiger partial charge in [-0.05, 0) is 23.6 Å². The molecule has 0 aliphatic carbocycles. The van der Waals surface area contributed by atoms with Gasteiger partial charge in [0.2, 0.25) is 5.24 Å². The van der Waals surface area contributed by atoms with E-state index in [4.69, 9.17) is 16.9 Å². The highest BCUT2D eigenvalue weighted by Gasteiger charge is 2.37. The van der Waals surface area contributed by atoms with Crippen LogP contribution in [-0.2, 0) is 10.2 Å². The lowest BCUT2D eigenvalue weighted by Gasteiger charge is -2.20. The molecule has 0 aliphatic rings. The summed E-state index contributed by atoms with van der Waals surface area (Å²) in [7, 11) is 0. The molecule has 0 spiro atoms. The first-order valence-electron chi connectivity index (χ1n) is 4.34. The summed E-state index contributed by atoms with van der Waals surface area (Å²) in [6, 6.07) is 10.9. The number of benzene rings is 1. The molecule has 0 bridgehead atoms. The second kappa shape index (κ2) is 4.26. The van der Waals surface area contributed by atoms with Gasteiger partial charge in [-0.2, -0.15) is 5.26 Å². The van der Waals surface area contributed by atoms with Gasteiger partial charge in [0.05, 0.1) is 6.07 Å². The lowest BCUT2D eigenvalue weighted by atomic mass is 9.81. The summed E-state index contributed by atoms with van der Waals surface area (Å²) < 4.78 is 0. The van der Waals surface area contributed by atoms with Crippen molar-refractivity contribution in [1.29, 1.82) is 5.26 Å². The number of hydrogen-bond donors (Lipinski definition) is 0. The summed E-state index contributed by atoms with van der Waals surface area (Å²) in [5.41, 5.74) is -0.534. The van der Waals surface area contributed by atoms with Gasteiger partial charge in [-0.15, -0.1) is 0 Å². The Labute approximate surface area is 88.1 Å². The van der Waals surface area contributed by atoms with E-state index < -0.39 is 10.7 Å². The molecule has 0 saturated heterocycles. The maximum Gasteiger partial charge on any atom is 0.246 e. The molecule has 1 unspecified atom stereocenters. The Morgan fingerprint density at radius 3 is 2.43 bits per heavy atom. The van der Waals surface area contributed by atoms with Crippen molar-refractivity contribution >= 4 is 16.8 Å². The fraction of sp³-hybridized carbons (Fsp3) is 0.273. The monoisotopic (exact) mass is 207 g/mol. The summed E-state index contributed by atoms with van der Waals surface area (Å²) in [6.07, 6.45) is 0.385. The molecule has 72 valence electrons. The second-order valence-electron chi connectivity index (χ2n) is 3.01. The van der Waals surface area contributed by atoms with Crippen molar-refractivity contribution in [2.75, 3.05) is 0 Å². The molecular weight excluding hydrogens is 198 g/mol. The number of carbonyl (C=O) groups excluding carboxylic acids is 1. The van der Waals surface area contributed by atoms with Crippen LogP contribution in [0.3, 0.4) is 0 Å². The molecule has 0 amide bonds. The van der Waals surface area contributed by atoms with Gasteiger partial charge in [-0.25, -0.2) is 0 Å². The zero-order valence-electron chi connectivity index (χ0n) is 7.83. The number of hydrogen-bond acceptors (Lipinski definition) is 2. The van der Waals surface area contributed by atoms with Crippen LogP contribution < -0.4 is 0 Å². The predicted molar refractivity (Wildman–Crippen MR) is 54.9 cm³/mol. The maximum absolute atomic E-state index is 11.3. The summed E-state index contributed by atoms with van der Waals surface area (Å²) >= 11 is 5.47. The molecule has 1 aromatic carbocycles. The van der Waals surface area contributed by atoms with Crippen molar-refractivity contribution in [3.8, 4) is 6.07 Å². The molecule has 0 heterocycles. The normalized spacial score (nSPS) is 14.1. The third-order valence-electron chi connectivity index (χ3n) is 2.32. The molecule has 1 aromatic rings. The first kappa shape index (κ1) is 10.7. The van der Waals surface area contributed by atoms with E-state index in [1.54, 1.807) is 31.2 Å². The van der Waals surface area contributed by atoms with E-state index in [9.17, 15) is 4.79 Å². The van der Waals surface area contributed by atoms with Gasteiger partial charge in [0.15, 0.2) is 5.41 Å². The number of carbonyl (C=O) groups is 1. The van der Waals surface area contributed by atoms with Gasteiger partial charge >= 0.3 is 0 Å². The highest BCUT2D eigenvalue weighted by molar-refractivity contribution is 6.66. The van der Waals surface area contributed by atoms with Gasteiger partial charge in [0, 0.05) is 0 Å². The summed E-state index contributed by atoms with van der Waals surface area (Å²) in [5, 5.41) is 8.43. The summed E-state index contributed by atoms with van der Waals surface area (Å²) in [4.78, 5) is 11.3. The number of halogens is 1. The largest absolute Gasteiger partial charge is 0.279 e. The van der Waals surface area contributed by atoms with E-state index in [-0.39, 0.29) is 0 Å². The minimum Gasteiger partial charge on any atom is -0.279 e. The highest BCUT2D eigenvalue weighted by Crippen LogP contribution is 2.29. The molecule has 1 atom stereocenters. The van der Waals surface area contributed by atoms with Crippen molar-refractivity contribution in [3.63, 3.8) is 0 Å². The van der Waals surface area contributed by atoms with E-state index in [2.05, 4.69) is 0 Å². The maximum atomic E-state index is 11.3. The molecule has 3 heteroatoms. The average Bonchev–Trinajstić information content (AvgIpc) is 2.22. The number of rotatable bonds is 3. The Morgan fingerprint density at radius 2 is 2.07 bits per heavy atom. The van der Waals surface area contributed by atoms with Crippen LogP contribution in [-0.4, -0.2) is 5.24 Å². The van der Waals surface area contributed by atoms with E-state index in [1.807, 2.05) is 12.1 Å². The third-order valence-corrected chi connectivity index (χ3v) is 2.65. The van der Waals surface area contributed by atoms with Crippen molar-refractivity contribution in [2.24, 2.45) is 0 Å². The van der Waals surface area contributed by atoms with Crippen LogP contribution in [0.2, 0.25) is 0 Å². The standard InChI is InChI=1S/C11H10ClNO/c1-2-11(8-13,10(12)14)9-6-4-3-5-7-9/h3-7H,2H2,1H3. The molecule has 0 fully saturated rings. The smallest absolute Gasteiger partial charge is 0.246 e. The highest BCUT2D eigenvalue weighted by atomic mass is 35.5. The summed E-state index contributed by atoms with van der Waals surface area (Å²) in [6.45, 7) is 1.77. The van der Waals surface area contributed by atoms with Crippen molar-refractivity contribution < 1.29 is 4.79 Å². The van der Waals surface area contributed by atoms with Gasteiger partial charge in [0.1, 0.15) is 0 Å². The van der Waals surface area contributed by atoms with Crippen molar-refractivity contribution in [2.45, 2.75) is 18.8 Å². The molecule has 0 radical (unpaired) electrons. The predicted octanol–water partition coefficient (Wildman–Crippen LogP) is 2.62. The fourth-order valence-corrected chi connectivity index (χ4v) is 1.65. The molecule has 2 nitrogen and oxygen atoms in total. The Balaban J connectivity index is 3.27. The molecule has 0 aromatic heterocycles. The molecular formula is C11H10ClNO. The lowest BCUT2D eigenvalue weighted by molar-refractivity contribution is -0.115. The first-order chi connectivity index (χ1) is 6.67. The van der Waals surface area contributed by atoms with Crippen LogP contribution >= 0.6 is 11.6 Å². The van der Waals surface area contributed by atoms with Crippen molar-refractivity contribution in [1.82, 2.24) is 0 Å². The van der Waals surface area contributed by atoms with Gasteiger partial charge in [0.25, 0.3) is 0 Å². The molecule has 0 N–H and O–H groups in total. The minimum atomic E-state index is -1.19. The number of nitrogens with zero attached hydrogens (tertiary/aromatic N) is 1. The molecule has 0 aliphatic heterocycles. The van der Waals surface area contributed by atoms with Crippen LogP contribution in [0.15, 0.2) is 30.3 Å². The van der Waals surface area contributed by atoms with Gasteiger partial charge in [-0.1, -0.05) is 37.3 Å².